The van der Waals surface area contributed by atoms with Crippen LogP contribution >= 0.6 is 0 Å². The van der Waals surface area contributed by atoms with Gasteiger partial charge in [0.05, 0.1) is 6.61 Å². The van der Waals surface area contributed by atoms with Crippen molar-refractivity contribution in [2.45, 2.75) is 69.9 Å². The van der Waals surface area contributed by atoms with E-state index in [1.807, 2.05) is 0 Å². The van der Waals surface area contributed by atoms with Gasteiger partial charge in [-0.05, 0) is 68.5 Å². The Bertz CT molecular complexity index is 1430. The Morgan fingerprint density at radius 3 is 2.36 bits per heavy atom. The molecule has 1 fully saturated rings. The van der Waals surface area contributed by atoms with Gasteiger partial charge in [-0.15, -0.1) is 0 Å². The highest BCUT2D eigenvalue weighted by Gasteiger charge is 2.71. The second kappa shape index (κ2) is 12.2. The fraction of sp³-hybridized carbons (Fsp3) is 0.467. The van der Waals surface area contributed by atoms with E-state index in [2.05, 4.69) is 5.32 Å². The standard InChI is InChI=1S/C30H32F6N2O6/c1-4-8-18-14-21(28(41,29(31,32)33)30(34,35)36)15-19(9-5-2)24(18)42-13-7-6-12-38-25(39)27(3,37-26(38)40)20-10-11-22-23(16-20)44-17-43-22/h4,8,10-11,14-16,41H,5-7,9,12-13,17H2,1-3H3,(H,37,40). The molecule has 1 saturated heterocycles. The summed E-state index contributed by atoms with van der Waals surface area (Å²) in [6.45, 7) is 4.89. The SMILES string of the molecule is CC=Cc1cc(C(O)(C(F)(F)F)C(F)(F)F)cc(CCC)c1OCCCCN1C(=O)NC(C)(c2ccc3c(c2)OCO3)C1=O. The number of aryl methyl sites for hydroxylation is 1. The number of hydrogen-bond acceptors (Lipinski definition) is 6. The van der Waals surface area contributed by atoms with Crippen LogP contribution in [0.2, 0.25) is 0 Å². The van der Waals surface area contributed by atoms with E-state index in [0.29, 0.717) is 48.5 Å². The highest BCUT2D eigenvalue weighted by atomic mass is 19.4. The molecule has 44 heavy (non-hydrogen) atoms. The molecule has 3 amide bonds. The Hall–Kier alpha value is -3.94. The van der Waals surface area contributed by atoms with Gasteiger partial charge in [-0.25, -0.2) is 4.79 Å². The number of carbonyl (C=O) groups is 2. The number of carbonyl (C=O) groups excluding carboxylic acids is 2. The number of rotatable bonds is 11. The van der Waals surface area contributed by atoms with E-state index in [0.717, 1.165) is 4.90 Å². The normalized spacial score (nSPS) is 18.8. The topological polar surface area (TPSA) is 97.3 Å². The van der Waals surface area contributed by atoms with Crippen LogP contribution in [0, 0.1) is 0 Å². The van der Waals surface area contributed by atoms with Crippen LogP contribution < -0.4 is 19.5 Å². The molecule has 2 N–H and O–H groups in total. The maximum atomic E-state index is 13.6. The van der Waals surface area contributed by atoms with Gasteiger partial charge in [-0.3, -0.25) is 9.69 Å². The molecule has 8 nitrogen and oxygen atoms in total. The Morgan fingerprint density at radius 1 is 1.05 bits per heavy atom. The van der Waals surface area contributed by atoms with Crippen LogP contribution in [-0.4, -0.2) is 54.2 Å². The zero-order chi connectivity index (χ0) is 32.5. The molecule has 240 valence electrons. The van der Waals surface area contributed by atoms with E-state index in [4.69, 9.17) is 14.2 Å². The molecule has 2 heterocycles. The second-order valence-corrected chi connectivity index (χ2v) is 10.6. The number of amides is 3. The number of imide groups is 1. The van der Waals surface area contributed by atoms with Gasteiger partial charge in [0, 0.05) is 17.7 Å². The summed E-state index contributed by atoms with van der Waals surface area (Å²) < 4.78 is 98.1. The smallest absolute Gasteiger partial charge is 0.430 e. The van der Waals surface area contributed by atoms with Crippen LogP contribution in [0.1, 0.15) is 62.3 Å². The second-order valence-electron chi connectivity index (χ2n) is 10.6. The Labute approximate surface area is 249 Å². The molecule has 0 bridgehead atoms. The molecule has 0 aromatic heterocycles. The molecule has 1 atom stereocenters. The van der Waals surface area contributed by atoms with E-state index >= 15 is 0 Å². The number of alkyl halides is 6. The van der Waals surface area contributed by atoms with Crippen LogP contribution in [0.15, 0.2) is 36.4 Å². The van der Waals surface area contributed by atoms with Gasteiger partial charge in [0.25, 0.3) is 11.5 Å². The summed E-state index contributed by atoms with van der Waals surface area (Å²) in [5.41, 5.74) is -7.24. The van der Waals surface area contributed by atoms with Crippen molar-refractivity contribution in [2.75, 3.05) is 19.9 Å². The molecule has 0 radical (unpaired) electrons. The third-order valence-corrected chi connectivity index (χ3v) is 7.55. The van der Waals surface area contributed by atoms with Crippen LogP contribution in [0.4, 0.5) is 31.1 Å². The maximum absolute atomic E-state index is 13.6. The van der Waals surface area contributed by atoms with Crippen molar-refractivity contribution in [3.63, 3.8) is 0 Å². The first-order valence-electron chi connectivity index (χ1n) is 13.9. The summed E-state index contributed by atoms with van der Waals surface area (Å²) in [5.74, 6) is 0.596. The Kier molecular flexibility index (Phi) is 9.15. The third-order valence-electron chi connectivity index (χ3n) is 7.55. The lowest BCUT2D eigenvalue weighted by molar-refractivity contribution is -0.376. The van der Waals surface area contributed by atoms with E-state index in [1.54, 1.807) is 32.0 Å². The van der Waals surface area contributed by atoms with Crippen molar-refractivity contribution < 1.29 is 55.2 Å². The lowest BCUT2D eigenvalue weighted by Crippen LogP contribution is -2.54. The molecule has 0 spiro atoms. The zero-order valence-electron chi connectivity index (χ0n) is 24.2. The lowest BCUT2D eigenvalue weighted by atomic mass is 9.88. The number of nitrogens with zero attached hydrogens (tertiary/aromatic N) is 1. The van der Waals surface area contributed by atoms with Gasteiger partial charge in [0.1, 0.15) is 11.3 Å². The average Bonchev–Trinajstić information content (AvgIpc) is 3.50. The summed E-state index contributed by atoms with van der Waals surface area (Å²) in [6, 6.07) is 5.65. The van der Waals surface area contributed by atoms with Crippen molar-refractivity contribution in [3.05, 3.63) is 58.7 Å². The number of urea groups is 1. The largest absolute Gasteiger partial charge is 0.493 e. The minimum Gasteiger partial charge on any atom is -0.493 e. The van der Waals surface area contributed by atoms with E-state index < -0.39 is 41.0 Å². The first kappa shape index (κ1) is 33.0. The summed E-state index contributed by atoms with van der Waals surface area (Å²) in [7, 11) is 0. The van der Waals surface area contributed by atoms with Gasteiger partial charge in [0.15, 0.2) is 11.5 Å². The zero-order valence-corrected chi connectivity index (χ0v) is 24.2. The molecule has 4 rings (SSSR count). The van der Waals surface area contributed by atoms with Gasteiger partial charge in [0.2, 0.25) is 6.79 Å². The van der Waals surface area contributed by atoms with Crippen molar-refractivity contribution in [1.82, 2.24) is 10.2 Å². The number of hydrogen-bond donors (Lipinski definition) is 2. The summed E-state index contributed by atoms with van der Waals surface area (Å²) in [5, 5.41) is 12.7. The van der Waals surface area contributed by atoms with Crippen molar-refractivity contribution in [3.8, 4) is 17.2 Å². The molecule has 2 aromatic rings. The molecule has 2 aromatic carbocycles. The fourth-order valence-corrected chi connectivity index (χ4v) is 5.19. The highest BCUT2D eigenvalue weighted by molar-refractivity contribution is 6.07. The Morgan fingerprint density at radius 2 is 1.73 bits per heavy atom. The number of allylic oxidation sites excluding steroid dienone is 1. The molecule has 0 aliphatic carbocycles. The summed E-state index contributed by atoms with van der Waals surface area (Å²) in [4.78, 5) is 27.0. The number of benzene rings is 2. The Balaban J connectivity index is 1.47. The van der Waals surface area contributed by atoms with Crippen LogP contribution in [0.3, 0.4) is 0 Å². The van der Waals surface area contributed by atoms with Gasteiger partial charge in [-0.1, -0.05) is 31.6 Å². The fourth-order valence-electron chi connectivity index (χ4n) is 5.19. The lowest BCUT2D eigenvalue weighted by Gasteiger charge is -2.33. The highest BCUT2D eigenvalue weighted by Crippen LogP contribution is 2.51. The number of halogens is 6. The summed E-state index contributed by atoms with van der Waals surface area (Å²) in [6.07, 6.45) is -8.26. The minimum atomic E-state index is -6.03. The van der Waals surface area contributed by atoms with Gasteiger partial charge in [-0.2, -0.15) is 26.3 Å². The molecule has 14 heteroatoms. The van der Waals surface area contributed by atoms with Gasteiger partial charge < -0.3 is 24.6 Å². The predicted octanol–water partition coefficient (Wildman–Crippen LogP) is 6.34. The average molecular weight is 631 g/mol. The van der Waals surface area contributed by atoms with Crippen LogP contribution in [-0.2, 0) is 22.4 Å². The van der Waals surface area contributed by atoms with E-state index in [9.17, 15) is 41.0 Å². The maximum Gasteiger partial charge on any atom is 0.430 e. The molecular weight excluding hydrogens is 598 g/mol. The number of fused-ring (bicyclic) bond motifs is 1. The number of ether oxygens (including phenoxy) is 3. The molecular formula is C30H32F6N2O6. The third kappa shape index (κ3) is 5.91. The first-order chi connectivity index (χ1) is 20.6. The number of unbranched alkanes of at least 4 members (excludes halogenated alkanes) is 1. The first-order valence-corrected chi connectivity index (χ1v) is 13.9. The monoisotopic (exact) mass is 630 g/mol. The molecule has 0 saturated carbocycles. The van der Waals surface area contributed by atoms with Crippen molar-refractivity contribution >= 4 is 18.0 Å². The quantitative estimate of drug-likeness (QED) is 0.171. The van der Waals surface area contributed by atoms with E-state index in [1.165, 1.54) is 19.1 Å². The van der Waals surface area contributed by atoms with Crippen LogP contribution in [0.25, 0.3) is 6.08 Å². The van der Waals surface area contributed by atoms with Gasteiger partial charge >= 0.3 is 18.4 Å². The molecule has 2 aliphatic heterocycles. The minimum absolute atomic E-state index is 0.00744. The van der Waals surface area contributed by atoms with Crippen molar-refractivity contribution in [2.24, 2.45) is 0 Å². The number of aliphatic hydroxyl groups is 1. The van der Waals surface area contributed by atoms with Crippen molar-refractivity contribution in [1.29, 1.82) is 0 Å². The predicted molar refractivity (Wildman–Crippen MR) is 146 cm³/mol. The van der Waals surface area contributed by atoms with E-state index in [-0.39, 0.29) is 43.2 Å². The van der Waals surface area contributed by atoms with Crippen LogP contribution in [0.5, 0.6) is 17.2 Å². The molecule has 2 aliphatic rings. The molecule has 1 unspecified atom stereocenters. The summed E-state index contributed by atoms with van der Waals surface area (Å²) >= 11 is 0. The number of nitrogens with one attached hydrogen (secondary N) is 1.